The van der Waals surface area contributed by atoms with Crippen LogP contribution in [0.4, 0.5) is 11.7 Å². The molecule has 1 aromatic heterocycles. The van der Waals surface area contributed by atoms with Crippen molar-refractivity contribution in [1.29, 1.82) is 0 Å². The summed E-state index contributed by atoms with van der Waals surface area (Å²) in [6.45, 7) is 0.221. The molecule has 0 saturated carbocycles. The number of nitrogens with zero attached hydrogens (tertiary/aromatic N) is 2. The van der Waals surface area contributed by atoms with Gasteiger partial charge in [0.1, 0.15) is 0 Å². The van der Waals surface area contributed by atoms with Gasteiger partial charge in [-0.3, -0.25) is 0 Å². The van der Waals surface area contributed by atoms with Gasteiger partial charge in [-0.1, -0.05) is 16.7 Å². The lowest BCUT2D eigenvalue weighted by molar-refractivity contribution is 0.511. The van der Waals surface area contributed by atoms with Crippen molar-refractivity contribution in [3.63, 3.8) is 0 Å². The van der Waals surface area contributed by atoms with E-state index in [9.17, 15) is 0 Å². The predicted molar refractivity (Wildman–Crippen MR) is 64.6 cm³/mol. The summed E-state index contributed by atoms with van der Waals surface area (Å²) in [6, 6.07) is 5.68. The highest BCUT2D eigenvalue weighted by Gasteiger charge is 2.05. The summed E-state index contributed by atoms with van der Waals surface area (Å²) in [5.41, 5.74) is 6.15. The lowest BCUT2D eigenvalue weighted by Crippen LogP contribution is -1.95. The smallest absolute Gasteiger partial charge is 0.320 e. The number of nitrogens with one attached hydrogen (secondary N) is 1. The first-order chi connectivity index (χ1) is 7.69. The van der Waals surface area contributed by atoms with E-state index in [-0.39, 0.29) is 6.54 Å². The molecule has 1 heterocycles. The zero-order chi connectivity index (χ0) is 11.5. The third-order valence-corrected chi connectivity index (χ3v) is 3.03. The third-order valence-electron chi connectivity index (χ3n) is 1.81. The Morgan fingerprint density at radius 1 is 1.44 bits per heavy atom. The molecule has 0 spiro atoms. The second kappa shape index (κ2) is 4.82. The van der Waals surface area contributed by atoms with Crippen molar-refractivity contribution in [1.82, 2.24) is 10.2 Å². The third kappa shape index (κ3) is 2.52. The number of halogens is 2. The number of rotatable bonds is 3. The highest BCUT2D eigenvalue weighted by atomic mass is 79.9. The molecule has 2 rings (SSSR count). The Bertz CT molecular complexity index is 502. The maximum Gasteiger partial charge on any atom is 0.320 e. The molecular formula is C9H8BrClN4O. The topological polar surface area (TPSA) is 77.0 Å². The van der Waals surface area contributed by atoms with Gasteiger partial charge in [-0.05, 0) is 34.1 Å². The van der Waals surface area contributed by atoms with Crippen LogP contribution in [0.25, 0.3) is 0 Å². The first-order valence-electron chi connectivity index (χ1n) is 4.43. The molecule has 16 heavy (non-hydrogen) atoms. The van der Waals surface area contributed by atoms with Crippen molar-refractivity contribution >= 4 is 39.2 Å². The normalized spacial score (nSPS) is 10.4. The monoisotopic (exact) mass is 302 g/mol. The van der Waals surface area contributed by atoms with Crippen LogP contribution in [0, 0.1) is 0 Å². The van der Waals surface area contributed by atoms with Gasteiger partial charge in [0, 0.05) is 10.2 Å². The number of anilines is 2. The summed E-state index contributed by atoms with van der Waals surface area (Å²) in [6.07, 6.45) is 0. The minimum atomic E-state index is 0.221. The predicted octanol–water partition coefficient (Wildman–Crippen LogP) is 2.69. The molecule has 7 heteroatoms. The van der Waals surface area contributed by atoms with Crippen LogP contribution in [0.2, 0.25) is 5.02 Å². The molecule has 84 valence electrons. The van der Waals surface area contributed by atoms with Crippen molar-refractivity contribution < 1.29 is 4.42 Å². The molecule has 0 atom stereocenters. The van der Waals surface area contributed by atoms with Gasteiger partial charge < -0.3 is 15.5 Å². The Morgan fingerprint density at radius 3 is 2.88 bits per heavy atom. The van der Waals surface area contributed by atoms with E-state index in [1.54, 1.807) is 12.1 Å². The van der Waals surface area contributed by atoms with Crippen molar-refractivity contribution in [3.05, 3.63) is 33.6 Å². The van der Waals surface area contributed by atoms with E-state index in [1.165, 1.54) is 0 Å². The first kappa shape index (κ1) is 11.4. The number of hydrogen-bond donors (Lipinski definition) is 2. The zero-order valence-corrected chi connectivity index (χ0v) is 10.4. The molecule has 0 aliphatic heterocycles. The maximum atomic E-state index is 5.87. The molecule has 0 amide bonds. The summed E-state index contributed by atoms with van der Waals surface area (Å²) in [5.74, 6) is 0.385. The van der Waals surface area contributed by atoms with Crippen LogP contribution in [-0.2, 0) is 6.54 Å². The average molecular weight is 304 g/mol. The summed E-state index contributed by atoms with van der Waals surface area (Å²) in [5, 5.41) is 11.1. The SMILES string of the molecule is NCc1nnc(Nc2ccc(Cl)c(Br)c2)o1. The van der Waals surface area contributed by atoms with E-state index in [0.29, 0.717) is 16.9 Å². The summed E-state index contributed by atoms with van der Waals surface area (Å²) >= 11 is 9.19. The molecule has 0 bridgehead atoms. The number of nitrogens with two attached hydrogens (primary N) is 1. The molecule has 1 aromatic carbocycles. The number of benzene rings is 1. The van der Waals surface area contributed by atoms with E-state index in [1.807, 2.05) is 6.07 Å². The molecule has 2 aromatic rings. The van der Waals surface area contributed by atoms with Crippen LogP contribution in [0.3, 0.4) is 0 Å². The molecule has 5 nitrogen and oxygen atoms in total. The highest BCUT2D eigenvalue weighted by molar-refractivity contribution is 9.10. The second-order valence-electron chi connectivity index (χ2n) is 2.96. The molecule has 0 radical (unpaired) electrons. The van der Waals surface area contributed by atoms with E-state index in [0.717, 1.165) is 10.2 Å². The summed E-state index contributed by atoms with van der Waals surface area (Å²) < 4.78 is 5.99. The van der Waals surface area contributed by atoms with Crippen molar-refractivity contribution in [3.8, 4) is 0 Å². The van der Waals surface area contributed by atoms with Crippen LogP contribution in [0.15, 0.2) is 27.1 Å². The summed E-state index contributed by atoms with van der Waals surface area (Å²) in [7, 11) is 0. The lowest BCUT2D eigenvalue weighted by atomic mass is 10.3. The second-order valence-corrected chi connectivity index (χ2v) is 4.22. The van der Waals surface area contributed by atoms with Gasteiger partial charge in [0.2, 0.25) is 5.89 Å². The van der Waals surface area contributed by atoms with Crippen molar-refractivity contribution in [2.24, 2.45) is 5.73 Å². The van der Waals surface area contributed by atoms with Crippen molar-refractivity contribution in [2.75, 3.05) is 5.32 Å². The van der Waals surface area contributed by atoms with Gasteiger partial charge in [-0.2, -0.15) is 0 Å². The fourth-order valence-corrected chi connectivity index (χ4v) is 1.58. The maximum absolute atomic E-state index is 5.87. The average Bonchev–Trinajstić information content (AvgIpc) is 2.71. The van der Waals surface area contributed by atoms with Crippen LogP contribution in [0.1, 0.15) is 5.89 Å². The Labute approximate surface area is 105 Å². The fourth-order valence-electron chi connectivity index (χ4n) is 1.08. The minimum Gasteiger partial charge on any atom is -0.406 e. The van der Waals surface area contributed by atoms with Crippen LogP contribution >= 0.6 is 27.5 Å². The zero-order valence-electron chi connectivity index (χ0n) is 8.08. The largest absolute Gasteiger partial charge is 0.406 e. The van der Waals surface area contributed by atoms with Gasteiger partial charge in [0.25, 0.3) is 0 Å². The number of hydrogen-bond acceptors (Lipinski definition) is 5. The van der Waals surface area contributed by atoms with Crippen LogP contribution in [0.5, 0.6) is 0 Å². The standard InChI is InChI=1S/C9H8BrClN4O/c10-6-3-5(1-2-7(6)11)13-9-15-14-8(4-12)16-9/h1-3H,4,12H2,(H,13,15). The molecule has 0 aliphatic carbocycles. The number of aromatic nitrogens is 2. The first-order valence-corrected chi connectivity index (χ1v) is 5.60. The van der Waals surface area contributed by atoms with E-state index in [4.69, 9.17) is 21.8 Å². The van der Waals surface area contributed by atoms with Gasteiger partial charge in [-0.25, -0.2) is 0 Å². The van der Waals surface area contributed by atoms with Gasteiger partial charge in [-0.15, -0.1) is 5.10 Å². The minimum absolute atomic E-state index is 0.221. The Hall–Kier alpha value is -1.11. The van der Waals surface area contributed by atoms with Crippen molar-refractivity contribution in [2.45, 2.75) is 6.54 Å². The van der Waals surface area contributed by atoms with Gasteiger partial charge in [0.05, 0.1) is 11.6 Å². The van der Waals surface area contributed by atoms with Gasteiger partial charge >= 0.3 is 6.01 Å². The van der Waals surface area contributed by atoms with E-state index in [2.05, 4.69) is 31.4 Å². The lowest BCUT2D eigenvalue weighted by Gasteiger charge is -2.02. The highest BCUT2D eigenvalue weighted by Crippen LogP contribution is 2.26. The molecule has 0 aliphatic rings. The van der Waals surface area contributed by atoms with Crippen LogP contribution in [-0.4, -0.2) is 10.2 Å². The van der Waals surface area contributed by atoms with E-state index >= 15 is 0 Å². The molecule has 0 saturated heterocycles. The Balaban J connectivity index is 2.17. The molecule has 0 fully saturated rings. The fraction of sp³-hybridized carbons (Fsp3) is 0.111. The quantitative estimate of drug-likeness (QED) is 0.911. The van der Waals surface area contributed by atoms with Crippen LogP contribution < -0.4 is 11.1 Å². The Morgan fingerprint density at radius 2 is 2.25 bits per heavy atom. The Kier molecular flexibility index (Phi) is 3.42. The van der Waals surface area contributed by atoms with E-state index < -0.39 is 0 Å². The molecular weight excluding hydrogens is 295 g/mol. The summed E-state index contributed by atoms with van der Waals surface area (Å²) in [4.78, 5) is 0. The molecule has 0 unspecified atom stereocenters. The van der Waals surface area contributed by atoms with Gasteiger partial charge in [0.15, 0.2) is 0 Å². The molecule has 3 N–H and O–H groups in total.